The number of aromatic amines is 1. The van der Waals surface area contributed by atoms with Crippen LogP contribution in [0.2, 0.25) is 0 Å². The van der Waals surface area contributed by atoms with E-state index in [4.69, 9.17) is 4.74 Å². The second-order valence-electron chi connectivity index (χ2n) is 6.61. The summed E-state index contributed by atoms with van der Waals surface area (Å²) in [4.78, 5) is 35.1. The first-order chi connectivity index (χ1) is 13.9. The van der Waals surface area contributed by atoms with E-state index in [2.05, 4.69) is 15.0 Å². The van der Waals surface area contributed by atoms with Crippen molar-refractivity contribution >= 4 is 23.4 Å². The largest absolute Gasteiger partial charge is 0.460 e. The Bertz CT molecular complexity index is 1000. The number of H-pyrrole nitrogens is 1. The Hall–Kier alpha value is -3.20. The zero-order valence-electron chi connectivity index (χ0n) is 16.0. The standard InChI is InChI=1S/C20H20N4O4S/c1-13(2)19-20(29-16-5-3-4-15(10-16)24(26)27)23-17(22-19)11-18(25)28-12-14-6-8-21-9-7-14/h3-10,13H,11-12H2,1-2H3,(H,22,23). The van der Waals surface area contributed by atoms with Crippen LogP contribution in [0.5, 0.6) is 0 Å². The van der Waals surface area contributed by atoms with Gasteiger partial charge in [-0.2, -0.15) is 0 Å². The third-order valence-corrected chi connectivity index (χ3v) is 5.02. The summed E-state index contributed by atoms with van der Waals surface area (Å²) in [6, 6.07) is 9.95. The fourth-order valence-electron chi connectivity index (χ4n) is 2.58. The fourth-order valence-corrected chi connectivity index (χ4v) is 3.68. The van der Waals surface area contributed by atoms with E-state index in [1.165, 1.54) is 23.9 Å². The number of non-ortho nitro benzene ring substituents is 1. The van der Waals surface area contributed by atoms with Crippen LogP contribution in [-0.2, 0) is 22.6 Å². The summed E-state index contributed by atoms with van der Waals surface area (Å²) < 4.78 is 5.29. The van der Waals surface area contributed by atoms with Crippen molar-refractivity contribution in [1.29, 1.82) is 0 Å². The molecule has 1 N–H and O–H groups in total. The maximum atomic E-state index is 12.2. The van der Waals surface area contributed by atoms with E-state index in [1.54, 1.807) is 36.7 Å². The second kappa shape index (κ2) is 9.33. The second-order valence-corrected chi connectivity index (χ2v) is 7.67. The topological polar surface area (TPSA) is 111 Å². The van der Waals surface area contributed by atoms with E-state index in [0.717, 1.165) is 11.3 Å². The Morgan fingerprint density at radius 2 is 2.03 bits per heavy atom. The summed E-state index contributed by atoms with van der Waals surface area (Å²) in [7, 11) is 0. The summed E-state index contributed by atoms with van der Waals surface area (Å²) in [5.74, 6) is 0.254. The number of benzene rings is 1. The molecule has 9 heteroatoms. The number of esters is 1. The van der Waals surface area contributed by atoms with Crippen molar-refractivity contribution in [3.8, 4) is 0 Å². The lowest BCUT2D eigenvalue weighted by Crippen LogP contribution is -2.09. The highest BCUT2D eigenvalue weighted by atomic mass is 32.2. The molecule has 0 aliphatic rings. The molecule has 3 aromatic rings. The summed E-state index contributed by atoms with van der Waals surface area (Å²) in [6.07, 6.45) is 3.30. The highest BCUT2D eigenvalue weighted by Gasteiger charge is 2.18. The number of rotatable bonds is 8. The van der Waals surface area contributed by atoms with Crippen LogP contribution in [0, 0.1) is 10.1 Å². The van der Waals surface area contributed by atoms with E-state index in [-0.39, 0.29) is 24.6 Å². The highest BCUT2D eigenvalue weighted by Crippen LogP contribution is 2.34. The number of nitro groups is 1. The van der Waals surface area contributed by atoms with E-state index >= 15 is 0 Å². The summed E-state index contributed by atoms with van der Waals surface area (Å²) in [6.45, 7) is 4.20. The van der Waals surface area contributed by atoms with Crippen molar-refractivity contribution in [1.82, 2.24) is 15.0 Å². The van der Waals surface area contributed by atoms with Crippen molar-refractivity contribution in [3.63, 3.8) is 0 Å². The SMILES string of the molecule is CC(C)c1[nH]c(CC(=O)OCc2ccncc2)nc1Sc1cccc([N+](=O)[O-])c1. The van der Waals surface area contributed by atoms with Gasteiger partial charge in [-0.3, -0.25) is 19.9 Å². The number of pyridine rings is 1. The molecule has 0 unspecified atom stereocenters. The molecule has 0 aliphatic heterocycles. The molecule has 0 aliphatic carbocycles. The quantitative estimate of drug-likeness (QED) is 0.334. The predicted molar refractivity (Wildman–Crippen MR) is 108 cm³/mol. The van der Waals surface area contributed by atoms with Gasteiger partial charge < -0.3 is 9.72 Å². The van der Waals surface area contributed by atoms with Gasteiger partial charge in [0.2, 0.25) is 0 Å². The number of carbonyl (C=O) groups is 1. The van der Waals surface area contributed by atoms with Crippen molar-refractivity contribution in [2.75, 3.05) is 0 Å². The molecule has 3 rings (SSSR count). The molecule has 0 atom stereocenters. The van der Waals surface area contributed by atoms with Crippen LogP contribution in [0.4, 0.5) is 5.69 Å². The lowest BCUT2D eigenvalue weighted by Gasteiger charge is -2.05. The molecule has 8 nitrogen and oxygen atoms in total. The number of imidazole rings is 1. The van der Waals surface area contributed by atoms with Crippen molar-refractivity contribution in [2.45, 2.75) is 42.7 Å². The van der Waals surface area contributed by atoms with Gasteiger partial charge in [0.15, 0.2) is 0 Å². The lowest BCUT2D eigenvalue weighted by atomic mass is 10.2. The van der Waals surface area contributed by atoms with Crippen molar-refractivity contribution in [3.05, 3.63) is 76.0 Å². The third kappa shape index (κ3) is 5.64. The average molecular weight is 412 g/mol. The molecule has 2 aromatic heterocycles. The first-order valence-electron chi connectivity index (χ1n) is 8.98. The Morgan fingerprint density at radius 3 is 2.72 bits per heavy atom. The zero-order valence-corrected chi connectivity index (χ0v) is 16.8. The molecule has 1 aromatic carbocycles. The third-order valence-electron chi connectivity index (χ3n) is 4.03. The maximum Gasteiger partial charge on any atom is 0.313 e. The van der Waals surface area contributed by atoms with Crippen LogP contribution >= 0.6 is 11.8 Å². The minimum atomic E-state index is -0.428. The maximum absolute atomic E-state index is 12.2. The Morgan fingerprint density at radius 1 is 1.28 bits per heavy atom. The summed E-state index contributed by atoms with van der Waals surface area (Å²) >= 11 is 1.33. The average Bonchev–Trinajstić information content (AvgIpc) is 3.09. The first kappa shape index (κ1) is 20.5. The van der Waals surface area contributed by atoms with Crippen molar-refractivity contribution < 1.29 is 14.5 Å². The number of nitrogens with zero attached hydrogens (tertiary/aromatic N) is 3. The van der Waals surface area contributed by atoms with Gasteiger partial charge in [0.05, 0.1) is 10.6 Å². The van der Waals surface area contributed by atoms with Crippen LogP contribution in [0.15, 0.2) is 58.7 Å². The number of nitrogens with one attached hydrogen (secondary N) is 1. The van der Waals surface area contributed by atoms with Crippen LogP contribution in [0.1, 0.15) is 36.8 Å². The molecule has 150 valence electrons. The van der Waals surface area contributed by atoms with Gasteiger partial charge in [0, 0.05) is 29.4 Å². The monoisotopic (exact) mass is 412 g/mol. The van der Waals surface area contributed by atoms with Gasteiger partial charge in [0.1, 0.15) is 23.9 Å². The Kier molecular flexibility index (Phi) is 6.61. The van der Waals surface area contributed by atoms with Gasteiger partial charge in [-0.25, -0.2) is 4.98 Å². The van der Waals surface area contributed by atoms with E-state index < -0.39 is 10.9 Å². The first-order valence-corrected chi connectivity index (χ1v) is 9.79. The van der Waals surface area contributed by atoms with Gasteiger partial charge in [-0.1, -0.05) is 31.7 Å². The van der Waals surface area contributed by atoms with Crippen molar-refractivity contribution in [2.24, 2.45) is 0 Å². The fraction of sp³-hybridized carbons (Fsp3) is 0.250. The number of hydrogen-bond acceptors (Lipinski definition) is 7. The molecule has 0 bridgehead atoms. The van der Waals surface area contributed by atoms with E-state index in [0.29, 0.717) is 15.7 Å². The molecule has 0 radical (unpaired) electrons. The normalized spacial score (nSPS) is 10.9. The van der Waals surface area contributed by atoms with E-state index in [1.807, 2.05) is 13.8 Å². The molecule has 0 amide bonds. The number of aromatic nitrogens is 3. The molecular weight excluding hydrogens is 392 g/mol. The lowest BCUT2D eigenvalue weighted by molar-refractivity contribution is -0.385. The molecule has 0 fully saturated rings. The Labute approximate surface area is 171 Å². The minimum Gasteiger partial charge on any atom is -0.460 e. The van der Waals surface area contributed by atoms with Crippen LogP contribution < -0.4 is 0 Å². The Balaban J connectivity index is 1.70. The number of nitro benzene ring substituents is 1. The van der Waals surface area contributed by atoms with Gasteiger partial charge in [-0.05, 0) is 29.7 Å². The molecule has 29 heavy (non-hydrogen) atoms. The molecule has 0 spiro atoms. The molecule has 0 saturated carbocycles. The zero-order chi connectivity index (χ0) is 20.8. The predicted octanol–water partition coefficient (Wildman–Crippen LogP) is 4.27. The number of hydrogen-bond donors (Lipinski definition) is 1. The minimum absolute atomic E-state index is 0.0142. The smallest absolute Gasteiger partial charge is 0.313 e. The molecular formula is C20H20N4O4S. The molecule has 0 saturated heterocycles. The highest BCUT2D eigenvalue weighted by molar-refractivity contribution is 7.99. The summed E-state index contributed by atoms with van der Waals surface area (Å²) in [5.41, 5.74) is 1.76. The van der Waals surface area contributed by atoms with Gasteiger partial charge in [0.25, 0.3) is 5.69 Å². The van der Waals surface area contributed by atoms with Crippen LogP contribution in [0.3, 0.4) is 0 Å². The number of ether oxygens (including phenoxy) is 1. The van der Waals surface area contributed by atoms with Gasteiger partial charge in [-0.15, -0.1) is 0 Å². The molecule has 2 heterocycles. The van der Waals surface area contributed by atoms with Crippen LogP contribution in [-0.4, -0.2) is 25.8 Å². The van der Waals surface area contributed by atoms with Gasteiger partial charge >= 0.3 is 5.97 Å². The summed E-state index contributed by atoms with van der Waals surface area (Å²) in [5, 5.41) is 11.7. The van der Waals surface area contributed by atoms with E-state index in [9.17, 15) is 14.9 Å². The number of carbonyl (C=O) groups excluding carboxylic acids is 1. The van der Waals surface area contributed by atoms with Crippen LogP contribution in [0.25, 0.3) is 0 Å².